The van der Waals surface area contributed by atoms with Crippen molar-refractivity contribution in [1.82, 2.24) is 19.7 Å². The molecule has 1 N–H and O–H groups in total. The van der Waals surface area contributed by atoms with Gasteiger partial charge in [-0.1, -0.05) is 11.8 Å². The second kappa shape index (κ2) is 9.15. The van der Waals surface area contributed by atoms with Gasteiger partial charge < -0.3 is 19.2 Å². The summed E-state index contributed by atoms with van der Waals surface area (Å²) in [6.07, 6.45) is 5.05. The Labute approximate surface area is 187 Å². The summed E-state index contributed by atoms with van der Waals surface area (Å²) in [4.78, 5) is 16.7. The highest BCUT2D eigenvalue weighted by Crippen LogP contribution is 2.32. The lowest BCUT2D eigenvalue weighted by Gasteiger charge is -2.19. The topological polar surface area (TPSA) is 104 Å². The van der Waals surface area contributed by atoms with Crippen molar-refractivity contribution in [2.75, 3.05) is 24.3 Å². The van der Waals surface area contributed by atoms with E-state index in [4.69, 9.17) is 13.9 Å². The highest BCUT2D eigenvalue weighted by Gasteiger charge is 2.18. The number of ether oxygens (including phenoxy) is 2. The van der Waals surface area contributed by atoms with Gasteiger partial charge in [0.1, 0.15) is 19.0 Å². The van der Waals surface area contributed by atoms with Crippen molar-refractivity contribution in [2.45, 2.75) is 11.7 Å². The molecule has 0 atom stereocenters. The number of fused-ring (bicyclic) bond motifs is 1. The number of nitrogens with zero attached hydrogens (tertiary/aromatic N) is 4. The van der Waals surface area contributed by atoms with Crippen LogP contribution in [0.25, 0.3) is 11.4 Å². The number of aromatic nitrogens is 4. The Balaban J connectivity index is 1.30. The average Bonchev–Trinajstić information content (AvgIpc) is 3.49. The molecule has 5 rings (SSSR count). The van der Waals surface area contributed by atoms with Crippen LogP contribution >= 0.6 is 11.8 Å². The van der Waals surface area contributed by atoms with E-state index in [1.54, 1.807) is 36.9 Å². The van der Waals surface area contributed by atoms with E-state index in [2.05, 4.69) is 20.5 Å². The van der Waals surface area contributed by atoms with Crippen molar-refractivity contribution in [3.05, 3.63) is 66.9 Å². The number of anilines is 1. The van der Waals surface area contributed by atoms with Crippen LogP contribution in [0.15, 0.2) is 70.7 Å². The molecular weight excluding hydrogens is 430 g/mol. The maximum Gasteiger partial charge on any atom is 0.234 e. The Hall–Kier alpha value is -3.79. The summed E-state index contributed by atoms with van der Waals surface area (Å²) in [5.74, 6) is 2.72. The summed E-state index contributed by atoms with van der Waals surface area (Å²) in [6.45, 7) is 1.45. The minimum Gasteiger partial charge on any atom is -0.486 e. The number of thioether (sulfide) groups is 1. The predicted molar refractivity (Wildman–Crippen MR) is 118 cm³/mol. The van der Waals surface area contributed by atoms with Crippen LogP contribution < -0.4 is 14.8 Å². The Morgan fingerprint density at radius 3 is 2.81 bits per heavy atom. The molecule has 4 heterocycles. The number of carbonyl (C=O) groups is 1. The second-order valence-electron chi connectivity index (χ2n) is 6.91. The Bertz CT molecular complexity index is 1210. The molecule has 3 aromatic heterocycles. The van der Waals surface area contributed by atoms with E-state index < -0.39 is 0 Å². The zero-order chi connectivity index (χ0) is 21.8. The summed E-state index contributed by atoms with van der Waals surface area (Å²) < 4.78 is 18.5. The Kier molecular flexibility index (Phi) is 5.75. The number of hydrogen-bond donors (Lipinski definition) is 1. The summed E-state index contributed by atoms with van der Waals surface area (Å²) in [6, 6.07) is 12.8. The molecule has 0 radical (unpaired) electrons. The zero-order valence-corrected chi connectivity index (χ0v) is 17.7. The van der Waals surface area contributed by atoms with Crippen LogP contribution in [-0.2, 0) is 11.3 Å². The van der Waals surface area contributed by atoms with E-state index >= 15 is 0 Å². The smallest absolute Gasteiger partial charge is 0.234 e. The fourth-order valence-electron chi connectivity index (χ4n) is 3.25. The predicted octanol–water partition coefficient (Wildman–Crippen LogP) is 3.48. The third kappa shape index (κ3) is 4.45. The first-order valence-electron chi connectivity index (χ1n) is 9.94. The van der Waals surface area contributed by atoms with Gasteiger partial charge in [-0.2, -0.15) is 0 Å². The van der Waals surface area contributed by atoms with E-state index in [1.165, 1.54) is 11.8 Å². The second-order valence-corrected chi connectivity index (χ2v) is 7.85. The average molecular weight is 449 g/mol. The summed E-state index contributed by atoms with van der Waals surface area (Å²) >= 11 is 1.30. The number of rotatable bonds is 7. The van der Waals surface area contributed by atoms with Gasteiger partial charge in [0.15, 0.2) is 22.5 Å². The number of pyridine rings is 1. The fourth-order valence-corrected chi connectivity index (χ4v) is 3.99. The molecule has 0 bridgehead atoms. The van der Waals surface area contributed by atoms with E-state index in [0.29, 0.717) is 47.9 Å². The molecule has 4 aromatic rings. The molecular formula is C22H19N5O4S. The van der Waals surface area contributed by atoms with Crippen LogP contribution in [-0.4, -0.2) is 44.6 Å². The molecule has 0 aliphatic carbocycles. The van der Waals surface area contributed by atoms with Crippen molar-refractivity contribution < 1.29 is 18.7 Å². The van der Waals surface area contributed by atoms with Crippen LogP contribution in [0.1, 0.15) is 5.76 Å². The Morgan fingerprint density at radius 2 is 2.00 bits per heavy atom. The fraction of sp³-hybridized carbons (Fsp3) is 0.182. The lowest BCUT2D eigenvalue weighted by Crippen LogP contribution is -2.17. The summed E-state index contributed by atoms with van der Waals surface area (Å²) in [5.41, 5.74) is 1.48. The van der Waals surface area contributed by atoms with Gasteiger partial charge in [0.05, 0.1) is 18.6 Å². The summed E-state index contributed by atoms with van der Waals surface area (Å²) in [5, 5.41) is 12.1. The molecule has 1 aliphatic heterocycles. The first kappa shape index (κ1) is 20.1. The molecule has 0 saturated heterocycles. The lowest BCUT2D eigenvalue weighted by molar-refractivity contribution is -0.113. The standard InChI is InChI=1S/C22H19N5O4S/c28-20(24-16-5-6-18-19(11-16)31-10-9-30-18)14-32-22-26-25-21(15-3-1-7-23-12-15)27(22)13-17-4-2-8-29-17/h1-8,11-12H,9-10,13-14H2,(H,24,28). The van der Waals surface area contributed by atoms with Crippen LogP contribution in [0.5, 0.6) is 11.5 Å². The van der Waals surface area contributed by atoms with Crippen LogP contribution in [0.4, 0.5) is 5.69 Å². The number of nitrogens with one attached hydrogen (secondary N) is 1. The van der Waals surface area contributed by atoms with Crippen molar-refractivity contribution in [1.29, 1.82) is 0 Å². The monoisotopic (exact) mass is 449 g/mol. The minimum absolute atomic E-state index is 0.164. The van der Waals surface area contributed by atoms with E-state index in [9.17, 15) is 4.79 Å². The molecule has 1 amide bonds. The molecule has 32 heavy (non-hydrogen) atoms. The quantitative estimate of drug-likeness (QED) is 0.428. The van der Waals surface area contributed by atoms with Gasteiger partial charge in [-0.25, -0.2) is 0 Å². The third-order valence-corrected chi connectivity index (χ3v) is 5.66. The van der Waals surface area contributed by atoms with Gasteiger partial charge in [0.2, 0.25) is 5.91 Å². The maximum atomic E-state index is 12.6. The zero-order valence-electron chi connectivity index (χ0n) is 16.9. The molecule has 1 aromatic carbocycles. The molecule has 162 valence electrons. The van der Waals surface area contributed by atoms with Gasteiger partial charge in [-0.15, -0.1) is 10.2 Å². The van der Waals surface area contributed by atoms with Gasteiger partial charge >= 0.3 is 0 Å². The molecule has 0 spiro atoms. The van der Waals surface area contributed by atoms with Crippen molar-refractivity contribution in [2.24, 2.45) is 0 Å². The van der Waals surface area contributed by atoms with E-state index in [-0.39, 0.29) is 11.7 Å². The molecule has 0 fully saturated rings. The number of carbonyl (C=O) groups excluding carboxylic acids is 1. The van der Waals surface area contributed by atoms with E-state index in [1.807, 2.05) is 28.8 Å². The minimum atomic E-state index is -0.165. The normalized spacial score (nSPS) is 12.5. The number of benzene rings is 1. The number of furan rings is 1. The third-order valence-electron chi connectivity index (χ3n) is 4.69. The maximum absolute atomic E-state index is 12.6. The van der Waals surface area contributed by atoms with Crippen molar-refractivity contribution >= 4 is 23.4 Å². The number of hydrogen-bond acceptors (Lipinski definition) is 8. The molecule has 0 unspecified atom stereocenters. The van der Waals surface area contributed by atoms with Gasteiger partial charge in [-0.05, 0) is 36.4 Å². The van der Waals surface area contributed by atoms with Crippen molar-refractivity contribution in [3.8, 4) is 22.9 Å². The number of amides is 1. The Morgan fingerprint density at radius 1 is 1.09 bits per heavy atom. The van der Waals surface area contributed by atoms with E-state index in [0.717, 1.165) is 11.3 Å². The lowest BCUT2D eigenvalue weighted by atomic mass is 10.2. The van der Waals surface area contributed by atoms with Gasteiger partial charge in [0, 0.05) is 29.7 Å². The molecule has 1 aliphatic rings. The largest absolute Gasteiger partial charge is 0.486 e. The summed E-state index contributed by atoms with van der Waals surface area (Å²) in [7, 11) is 0. The highest BCUT2D eigenvalue weighted by atomic mass is 32.2. The SMILES string of the molecule is O=C(CSc1nnc(-c2cccnc2)n1Cc1ccco1)Nc1ccc2c(c1)OCCO2. The highest BCUT2D eigenvalue weighted by molar-refractivity contribution is 7.99. The molecule has 9 nitrogen and oxygen atoms in total. The first-order valence-corrected chi connectivity index (χ1v) is 10.9. The first-order chi connectivity index (χ1) is 15.8. The van der Waals surface area contributed by atoms with Crippen LogP contribution in [0.2, 0.25) is 0 Å². The van der Waals surface area contributed by atoms with Crippen LogP contribution in [0.3, 0.4) is 0 Å². The van der Waals surface area contributed by atoms with Gasteiger partial charge in [-0.3, -0.25) is 14.3 Å². The van der Waals surface area contributed by atoms with Gasteiger partial charge in [0.25, 0.3) is 0 Å². The van der Waals surface area contributed by atoms with Crippen molar-refractivity contribution in [3.63, 3.8) is 0 Å². The molecule has 0 saturated carbocycles. The van der Waals surface area contributed by atoms with Crippen LogP contribution in [0, 0.1) is 0 Å². The molecule has 10 heteroatoms.